The quantitative estimate of drug-likeness (QED) is 0.681. The molecule has 2 N–H and O–H groups in total. The third-order valence-electron chi connectivity index (χ3n) is 3.07. The standard InChI is InChI=1S/C17H24N2O4/c1-5-9-18-16(20)12(3)19-17(21)13-7-8-14(23-10-6-2)15(11-13)22-4/h6-8,11-12H,2,5,9-10H2,1,3-4H3,(H,18,20)(H,19,21). The van der Waals surface area contributed by atoms with Gasteiger partial charge in [-0.25, -0.2) is 0 Å². The fraction of sp³-hybridized carbons (Fsp3) is 0.412. The molecule has 0 saturated heterocycles. The summed E-state index contributed by atoms with van der Waals surface area (Å²) in [5.41, 5.74) is 0.392. The number of rotatable bonds is 9. The minimum Gasteiger partial charge on any atom is -0.493 e. The molecule has 1 aromatic rings. The van der Waals surface area contributed by atoms with Gasteiger partial charge in [0.25, 0.3) is 5.91 Å². The lowest BCUT2D eigenvalue weighted by molar-refractivity contribution is -0.122. The SMILES string of the molecule is C=CCOc1ccc(C(=O)NC(C)C(=O)NCCC)cc1OC. The first kappa shape index (κ1) is 18.5. The summed E-state index contributed by atoms with van der Waals surface area (Å²) in [6, 6.07) is 4.23. The third kappa shape index (κ3) is 5.65. The van der Waals surface area contributed by atoms with Crippen molar-refractivity contribution in [3.8, 4) is 11.5 Å². The first-order valence-corrected chi connectivity index (χ1v) is 7.53. The molecule has 126 valence electrons. The van der Waals surface area contributed by atoms with Gasteiger partial charge in [0.1, 0.15) is 12.6 Å². The van der Waals surface area contributed by atoms with Crippen LogP contribution in [0.2, 0.25) is 0 Å². The molecule has 0 aliphatic heterocycles. The lowest BCUT2D eigenvalue weighted by Gasteiger charge is -2.15. The third-order valence-corrected chi connectivity index (χ3v) is 3.07. The van der Waals surface area contributed by atoms with Crippen LogP contribution < -0.4 is 20.1 Å². The monoisotopic (exact) mass is 320 g/mol. The Hall–Kier alpha value is -2.50. The number of carbonyl (C=O) groups is 2. The van der Waals surface area contributed by atoms with Gasteiger partial charge in [0, 0.05) is 12.1 Å². The van der Waals surface area contributed by atoms with Crippen LogP contribution in [0.5, 0.6) is 11.5 Å². The number of ether oxygens (including phenoxy) is 2. The van der Waals surface area contributed by atoms with E-state index in [0.29, 0.717) is 30.2 Å². The first-order chi connectivity index (χ1) is 11.0. The Kier molecular flexibility index (Phi) is 7.66. The Morgan fingerprint density at radius 3 is 2.70 bits per heavy atom. The van der Waals surface area contributed by atoms with E-state index in [2.05, 4.69) is 17.2 Å². The van der Waals surface area contributed by atoms with Crippen molar-refractivity contribution in [2.45, 2.75) is 26.3 Å². The van der Waals surface area contributed by atoms with Gasteiger partial charge in [0.05, 0.1) is 7.11 Å². The van der Waals surface area contributed by atoms with Crippen LogP contribution in [0.25, 0.3) is 0 Å². The summed E-state index contributed by atoms with van der Waals surface area (Å²) in [5, 5.41) is 5.39. The van der Waals surface area contributed by atoms with Crippen LogP contribution in [0.1, 0.15) is 30.6 Å². The number of methoxy groups -OCH3 is 1. The van der Waals surface area contributed by atoms with E-state index in [1.807, 2.05) is 6.92 Å². The maximum absolute atomic E-state index is 12.2. The highest BCUT2D eigenvalue weighted by molar-refractivity contribution is 5.97. The van der Waals surface area contributed by atoms with Crippen LogP contribution in [-0.2, 0) is 4.79 Å². The molecule has 0 aliphatic carbocycles. The van der Waals surface area contributed by atoms with E-state index >= 15 is 0 Å². The highest BCUT2D eigenvalue weighted by Gasteiger charge is 2.17. The van der Waals surface area contributed by atoms with E-state index in [1.165, 1.54) is 7.11 Å². The summed E-state index contributed by atoms with van der Waals surface area (Å²) >= 11 is 0. The van der Waals surface area contributed by atoms with Crippen LogP contribution >= 0.6 is 0 Å². The van der Waals surface area contributed by atoms with Crippen LogP contribution in [-0.4, -0.2) is 38.1 Å². The predicted molar refractivity (Wildman–Crippen MR) is 88.9 cm³/mol. The largest absolute Gasteiger partial charge is 0.493 e. The average Bonchev–Trinajstić information content (AvgIpc) is 2.57. The van der Waals surface area contributed by atoms with Crippen molar-refractivity contribution in [1.29, 1.82) is 0 Å². The van der Waals surface area contributed by atoms with Crippen LogP contribution in [0, 0.1) is 0 Å². The molecule has 6 nitrogen and oxygen atoms in total. The number of nitrogens with one attached hydrogen (secondary N) is 2. The summed E-state index contributed by atoms with van der Waals surface area (Å²) in [6.45, 7) is 8.11. The zero-order chi connectivity index (χ0) is 17.2. The Labute approximate surface area is 136 Å². The predicted octanol–water partition coefficient (Wildman–Crippen LogP) is 1.90. The molecule has 1 rings (SSSR count). The second-order valence-electron chi connectivity index (χ2n) is 4.95. The second-order valence-corrected chi connectivity index (χ2v) is 4.95. The molecule has 1 atom stereocenters. The van der Waals surface area contributed by atoms with Crippen LogP contribution in [0.15, 0.2) is 30.9 Å². The van der Waals surface area contributed by atoms with E-state index in [0.717, 1.165) is 6.42 Å². The number of hydrogen-bond donors (Lipinski definition) is 2. The maximum Gasteiger partial charge on any atom is 0.252 e. The highest BCUT2D eigenvalue weighted by Crippen LogP contribution is 2.28. The fourth-order valence-electron chi connectivity index (χ4n) is 1.82. The van der Waals surface area contributed by atoms with Crippen molar-refractivity contribution in [2.24, 2.45) is 0 Å². The highest BCUT2D eigenvalue weighted by atomic mass is 16.5. The van der Waals surface area contributed by atoms with Crippen molar-refractivity contribution in [3.05, 3.63) is 36.4 Å². The van der Waals surface area contributed by atoms with E-state index < -0.39 is 6.04 Å². The molecule has 23 heavy (non-hydrogen) atoms. The van der Waals surface area contributed by atoms with Crippen molar-refractivity contribution >= 4 is 11.8 Å². The van der Waals surface area contributed by atoms with Crippen LogP contribution in [0.4, 0.5) is 0 Å². The smallest absolute Gasteiger partial charge is 0.252 e. The van der Waals surface area contributed by atoms with Gasteiger partial charge in [-0.3, -0.25) is 9.59 Å². The lowest BCUT2D eigenvalue weighted by Crippen LogP contribution is -2.45. The molecule has 1 aromatic carbocycles. The number of amides is 2. The Morgan fingerprint density at radius 2 is 2.09 bits per heavy atom. The molecule has 2 amide bonds. The summed E-state index contributed by atoms with van der Waals surface area (Å²) in [5.74, 6) is 0.413. The molecular formula is C17H24N2O4. The minimum atomic E-state index is -0.614. The first-order valence-electron chi connectivity index (χ1n) is 7.53. The molecule has 0 bridgehead atoms. The van der Waals surface area contributed by atoms with Gasteiger partial charge in [-0.15, -0.1) is 0 Å². The molecule has 0 saturated carbocycles. The Morgan fingerprint density at radius 1 is 1.35 bits per heavy atom. The van der Waals surface area contributed by atoms with Crippen LogP contribution in [0.3, 0.4) is 0 Å². The molecule has 0 heterocycles. The summed E-state index contributed by atoms with van der Waals surface area (Å²) in [4.78, 5) is 24.0. The van der Waals surface area contributed by atoms with Crippen molar-refractivity contribution in [2.75, 3.05) is 20.3 Å². The Bertz CT molecular complexity index is 558. The topological polar surface area (TPSA) is 76.7 Å². The van der Waals surface area contributed by atoms with Gasteiger partial charge in [0.2, 0.25) is 5.91 Å². The molecule has 0 radical (unpaired) electrons. The lowest BCUT2D eigenvalue weighted by atomic mass is 10.1. The molecule has 6 heteroatoms. The molecule has 0 fully saturated rings. The van der Waals surface area contributed by atoms with Gasteiger partial charge in [-0.2, -0.15) is 0 Å². The summed E-state index contributed by atoms with van der Waals surface area (Å²) in [6.07, 6.45) is 2.46. The molecule has 0 spiro atoms. The van der Waals surface area contributed by atoms with E-state index in [9.17, 15) is 9.59 Å². The number of hydrogen-bond acceptors (Lipinski definition) is 4. The van der Waals surface area contributed by atoms with Crippen molar-refractivity contribution in [1.82, 2.24) is 10.6 Å². The van der Waals surface area contributed by atoms with Crippen molar-refractivity contribution < 1.29 is 19.1 Å². The molecule has 1 unspecified atom stereocenters. The zero-order valence-corrected chi connectivity index (χ0v) is 13.8. The van der Waals surface area contributed by atoms with Gasteiger partial charge >= 0.3 is 0 Å². The number of carbonyl (C=O) groups excluding carboxylic acids is 2. The average molecular weight is 320 g/mol. The van der Waals surface area contributed by atoms with E-state index in [1.54, 1.807) is 31.2 Å². The van der Waals surface area contributed by atoms with Crippen molar-refractivity contribution in [3.63, 3.8) is 0 Å². The van der Waals surface area contributed by atoms with E-state index in [4.69, 9.17) is 9.47 Å². The minimum absolute atomic E-state index is 0.210. The second kappa shape index (κ2) is 9.50. The molecule has 0 aromatic heterocycles. The van der Waals surface area contributed by atoms with Gasteiger partial charge in [-0.1, -0.05) is 19.6 Å². The molecular weight excluding hydrogens is 296 g/mol. The molecule has 0 aliphatic rings. The normalized spacial score (nSPS) is 11.3. The fourth-order valence-corrected chi connectivity index (χ4v) is 1.82. The van der Waals surface area contributed by atoms with Gasteiger partial charge in [0.15, 0.2) is 11.5 Å². The maximum atomic E-state index is 12.2. The Balaban J connectivity index is 2.75. The van der Waals surface area contributed by atoms with Gasteiger partial charge < -0.3 is 20.1 Å². The van der Waals surface area contributed by atoms with E-state index in [-0.39, 0.29) is 11.8 Å². The zero-order valence-electron chi connectivity index (χ0n) is 13.8. The van der Waals surface area contributed by atoms with Gasteiger partial charge in [-0.05, 0) is 31.5 Å². The summed E-state index contributed by atoms with van der Waals surface area (Å²) in [7, 11) is 1.50. The number of benzene rings is 1. The summed E-state index contributed by atoms with van der Waals surface area (Å²) < 4.78 is 10.7.